The molecule has 11 heteroatoms. The quantitative estimate of drug-likeness (QED) is 0.220. The minimum atomic E-state index is -2.00. The minimum absolute atomic E-state index is 0.164. The lowest BCUT2D eigenvalue weighted by atomic mass is 10.1. The van der Waals surface area contributed by atoms with Crippen LogP contribution in [0.1, 0.15) is 16.7 Å². The zero-order valence-corrected chi connectivity index (χ0v) is 24.0. The van der Waals surface area contributed by atoms with Crippen molar-refractivity contribution in [3.63, 3.8) is 0 Å². The summed E-state index contributed by atoms with van der Waals surface area (Å²) in [4.78, 5) is 4.54. The van der Waals surface area contributed by atoms with Crippen molar-refractivity contribution in [3.8, 4) is 0 Å². The molecule has 1 N–H and O–H groups in total. The van der Waals surface area contributed by atoms with Crippen LogP contribution >= 0.6 is 11.9 Å². The fourth-order valence-electron chi connectivity index (χ4n) is 5.08. The second-order valence-electron chi connectivity index (χ2n) is 10.00. The average Bonchev–Trinajstić information content (AvgIpc) is 3.60. The van der Waals surface area contributed by atoms with Crippen LogP contribution in [-0.2, 0) is 44.7 Å². The summed E-state index contributed by atoms with van der Waals surface area (Å²) >= 11 is 1.47. The van der Waals surface area contributed by atoms with Gasteiger partial charge in [-0.25, -0.2) is 4.98 Å². The third-order valence-corrected chi connectivity index (χ3v) is 7.92. The monoisotopic (exact) mass is 587 g/mol. The fraction of sp³-hybridized carbons (Fsp3) is 0.323. The Kier molecular flexibility index (Phi) is 8.94. The molecule has 3 heterocycles. The lowest BCUT2D eigenvalue weighted by molar-refractivity contribution is -0.298. The maximum Gasteiger partial charge on any atom is 0.286 e. The summed E-state index contributed by atoms with van der Waals surface area (Å²) in [7, 11) is 0. The predicted octanol–water partition coefficient (Wildman–Crippen LogP) is 5.41. The highest BCUT2D eigenvalue weighted by Gasteiger charge is 2.59. The van der Waals surface area contributed by atoms with Gasteiger partial charge in [-0.1, -0.05) is 103 Å². The number of rotatable bonds is 12. The van der Waals surface area contributed by atoms with Crippen LogP contribution in [-0.4, -0.2) is 52.5 Å². The van der Waals surface area contributed by atoms with E-state index in [0.29, 0.717) is 31.5 Å². The highest BCUT2D eigenvalue weighted by atomic mass is 32.2. The maximum atomic E-state index is 12.4. The van der Waals surface area contributed by atoms with Crippen molar-refractivity contribution in [1.29, 1.82) is 0 Å². The molecule has 0 radical (unpaired) electrons. The van der Waals surface area contributed by atoms with E-state index < -0.39 is 24.2 Å². The van der Waals surface area contributed by atoms with Crippen molar-refractivity contribution in [3.05, 3.63) is 114 Å². The Bertz CT molecular complexity index is 1460. The second kappa shape index (κ2) is 13.2. The molecule has 1 aromatic heterocycles. The molecule has 4 atom stereocenters. The van der Waals surface area contributed by atoms with Gasteiger partial charge in [-0.05, 0) is 16.7 Å². The Labute approximate surface area is 249 Å². The molecule has 0 spiro atoms. The van der Waals surface area contributed by atoms with E-state index >= 15 is 0 Å². The van der Waals surface area contributed by atoms with Crippen molar-refractivity contribution in [2.75, 3.05) is 23.8 Å². The Balaban J connectivity index is 1.32. The number of imidazole rings is 1. The van der Waals surface area contributed by atoms with Gasteiger partial charge in [-0.3, -0.25) is 8.87 Å². The van der Waals surface area contributed by atoms with Gasteiger partial charge in [0.2, 0.25) is 5.82 Å². The van der Waals surface area contributed by atoms with E-state index in [1.807, 2.05) is 102 Å². The smallest absolute Gasteiger partial charge is 0.286 e. The van der Waals surface area contributed by atoms with Crippen LogP contribution in [0.25, 0.3) is 0 Å². The summed E-state index contributed by atoms with van der Waals surface area (Å²) in [6.07, 6.45) is 1.13. The minimum Gasteiger partial charge on any atom is -0.374 e. The number of hydrogen-bond donors (Lipinski definition) is 1. The van der Waals surface area contributed by atoms with Gasteiger partial charge in [0.25, 0.3) is 5.91 Å². The van der Waals surface area contributed by atoms with Gasteiger partial charge >= 0.3 is 0 Å². The number of aromatic nitrogens is 2. The molecule has 0 aliphatic carbocycles. The molecule has 0 amide bonds. The highest BCUT2D eigenvalue weighted by molar-refractivity contribution is 7.99. The Morgan fingerprint density at radius 2 is 1.48 bits per heavy atom. The van der Waals surface area contributed by atoms with E-state index in [1.54, 1.807) is 0 Å². The first-order valence-corrected chi connectivity index (χ1v) is 14.9. The first-order chi connectivity index (χ1) is 20.7. The molecule has 2 aliphatic heterocycles. The molecule has 3 aromatic carbocycles. The molecule has 0 bridgehead atoms. The van der Waals surface area contributed by atoms with Crippen molar-refractivity contribution < 1.29 is 24.1 Å². The van der Waals surface area contributed by atoms with Gasteiger partial charge < -0.3 is 24.1 Å². The predicted molar refractivity (Wildman–Crippen MR) is 159 cm³/mol. The van der Waals surface area contributed by atoms with Crippen LogP contribution in [0.5, 0.6) is 0 Å². The van der Waals surface area contributed by atoms with Crippen molar-refractivity contribution >= 4 is 23.6 Å². The van der Waals surface area contributed by atoms with Gasteiger partial charge in [0.1, 0.15) is 25.2 Å². The molecule has 1 saturated heterocycles. The average molecular weight is 588 g/mol. The maximum absolute atomic E-state index is 12.4. The summed E-state index contributed by atoms with van der Waals surface area (Å²) < 4.78 is 28.9. The van der Waals surface area contributed by atoms with Crippen LogP contribution in [0.2, 0.25) is 0 Å². The van der Waals surface area contributed by atoms with Crippen LogP contribution in [0.15, 0.2) is 108 Å². The van der Waals surface area contributed by atoms with E-state index in [9.17, 15) is 5.11 Å². The Morgan fingerprint density at radius 1 is 0.881 bits per heavy atom. The number of fused-ring (bicyclic) bond motifs is 1. The SMILES string of the molecule is CSN1CN=Nc2c1ncn2C1(O)O[C@H](COCc2ccccc2)[C@@H](OCc2ccccc2)[C@H]1OCc1ccccc1. The molecule has 1 unspecified atom stereocenters. The van der Waals surface area contributed by atoms with Gasteiger partial charge in [0.15, 0.2) is 11.9 Å². The summed E-state index contributed by atoms with van der Waals surface area (Å²) in [6, 6.07) is 29.6. The van der Waals surface area contributed by atoms with E-state index in [-0.39, 0.29) is 13.2 Å². The summed E-state index contributed by atoms with van der Waals surface area (Å²) in [5, 5.41) is 20.9. The number of ether oxygens (including phenoxy) is 4. The molecule has 4 aromatic rings. The van der Waals surface area contributed by atoms with Gasteiger partial charge in [-0.15, -0.1) is 5.11 Å². The van der Waals surface area contributed by atoms with E-state index in [1.165, 1.54) is 22.8 Å². The molecule has 42 heavy (non-hydrogen) atoms. The molecular formula is C31H33N5O5S. The normalized spacial score (nSPS) is 23.3. The third-order valence-electron chi connectivity index (χ3n) is 7.19. The van der Waals surface area contributed by atoms with Crippen LogP contribution in [0, 0.1) is 0 Å². The van der Waals surface area contributed by atoms with Gasteiger partial charge in [0.05, 0.1) is 26.4 Å². The number of benzene rings is 3. The Hall–Kier alpha value is -3.58. The van der Waals surface area contributed by atoms with Gasteiger partial charge in [0, 0.05) is 6.26 Å². The van der Waals surface area contributed by atoms with E-state index in [0.717, 1.165) is 16.7 Å². The van der Waals surface area contributed by atoms with E-state index in [4.69, 9.17) is 18.9 Å². The lowest BCUT2D eigenvalue weighted by Gasteiger charge is -2.32. The molecular weight excluding hydrogens is 554 g/mol. The number of aliphatic hydroxyl groups is 1. The topological polar surface area (TPSA) is 103 Å². The first kappa shape index (κ1) is 28.5. The molecule has 2 aliphatic rings. The summed E-state index contributed by atoms with van der Waals surface area (Å²) in [6.45, 7) is 1.44. The van der Waals surface area contributed by atoms with Crippen LogP contribution in [0.3, 0.4) is 0 Å². The second-order valence-corrected chi connectivity index (χ2v) is 10.8. The van der Waals surface area contributed by atoms with Crippen molar-refractivity contribution in [2.24, 2.45) is 10.2 Å². The van der Waals surface area contributed by atoms with Gasteiger partial charge in [-0.2, -0.15) is 5.11 Å². The molecule has 0 saturated carbocycles. The van der Waals surface area contributed by atoms with Crippen molar-refractivity contribution in [2.45, 2.75) is 44.0 Å². The summed E-state index contributed by atoms with van der Waals surface area (Å²) in [5.74, 6) is -1.04. The van der Waals surface area contributed by atoms with E-state index in [2.05, 4.69) is 15.2 Å². The number of hydrogen-bond acceptors (Lipinski definition) is 10. The fourth-order valence-corrected chi connectivity index (χ4v) is 5.55. The molecule has 1 fully saturated rings. The highest BCUT2D eigenvalue weighted by Crippen LogP contribution is 2.44. The Morgan fingerprint density at radius 3 is 2.10 bits per heavy atom. The third kappa shape index (κ3) is 6.12. The zero-order chi connectivity index (χ0) is 28.8. The number of azo groups is 1. The van der Waals surface area contributed by atoms with Crippen LogP contribution < -0.4 is 4.31 Å². The lowest BCUT2D eigenvalue weighted by Crippen LogP contribution is -2.47. The molecule has 10 nitrogen and oxygen atoms in total. The first-order valence-electron chi connectivity index (χ1n) is 13.8. The summed E-state index contributed by atoms with van der Waals surface area (Å²) in [5.41, 5.74) is 2.97. The standard InChI is InChI=1S/C31H33N5O5S/c1-42-36-22-33-34-30-29(36)32-21-35(30)31(37)28(40-19-25-15-9-4-10-16-25)27(39-18-24-13-7-3-8-14-24)26(41-31)20-38-17-23-11-5-2-6-12-23/h2-16,21,26-28,37H,17-20,22H2,1H3/t26-,27-,28-,31?/m1/s1. The van der Waals surface area contributed by atoms with Crippen molar-refractivity contribution in [1.82, 2.24) is 9.55 Å². The number of nitrogens with zero attached hydrogens (tertiary/aromatic N) is 5. The number of anilines is 1. The van der Waals surface area contributed by atoms with Crippen LogP contribution in [0.4, 0.5) is 11.6 Å². The molecule has 6 rings (SSSR count). The zero-order valence-electron chi connectivity index (χ0n) is 23.2. The molecule has 218 valence electrons. The largest absolute Gasteiger partial charge is 0.374 e.